The molecule has 0 bridgehead atoms. The van der Waals surface area contributed by atoms with Gasteiger partial charge in [0.1, 0.15) is 5.82 Å². The Kier molecular flexibility index (Phi) is 3.61. The molecule has 3 unspecified atom stereocenters. The Hall–Kier alpha value is -0.870. The van der Waals surface area contributed by atoms with E-state index in [2.05, 4.69) is 21.8 Å². The minimum Gasteiger partial charge on any atom is -0.381 e. The van der Waals surface area contributed by atoms with E-state index in [0.29, 0.717) is 18.2 Å². The highest BCUT2D eigenvalue weighted by atomic mass is 16.5. The molecule has 0 aliphatic heterocycles. The molecule has 1 aliphatic carbocycles. The van der Waals surface area contributed by atoms with E-state index in [1.54, 1.807) is 7.11 Å². The second kappa shape index (κ2) is 4.97. The van der Waals surface area contributed by atoms with Crippen LogP contribution in [0.1, 0.15) is 38.1 Å². The third-order valence-electron chi connectivity index (χ3n) is 3.45. The zero-order valence-corrected chi connectivity index (χ0v) is 10.3. The van der Waals surface area contributed by atoms with Crippen LogP contribution < -0.4 is 5.32 Å². The van der Waals surface area contributed by atoms with Crippen molar-refractivity contribution in [1.29, 1.82) is 0 Å². The first-order valence-electron chi connectivity index (χ1n) is 5.96. The second-order valence-electron chi connectivity index (χ2n) is 4.65. The van der Waals surface area contributed by atoms with Gasteiger partial charge in [-0.15, -0.1) is 0 Å². The average Bonchev–Trinajstić information content (AvgIpc) is 2.86. The summed E-state index contributed by atoms with van der Waals surface area (Å²) in [6.45, 7) is 2.17. The molecular weight excluding hydrogens is 202 g/mol. The number of imidazole rings is 1. The molecule has 0 radical (unpaired) electrons. The first-order valence-corrected chi connectivity index (χ1v) is 5.96. The molecule has 1 aliphatic rings. The summed E-state index contributed by atoms with van der Waals surface area (Å²) < 4.78 is 7.45. The number of nitrogens with one attached hydrogen (secondary N) is 1. The van der Waals surface area contributed by atoms with Crippen molar-refractivity contribution in [2.45, 2.75) is 44.4 Å². The van der Waals surface area contributed by atoms with Gasteiger partial charge in [-0.25, -0.2) is 4.98 Å². The van der Waals surface area contributed by atoms with Gasteiger partial charge in [-0.2, -0.15) is 0 Å². The highest BCUT2D eigenvalue weighted by molar-refractivity contribution is 4.98. The number of aromatic nitrogens is 2. The quantitative estimate of drug-likeness (QED) is 0.843. The van der Waals surface area contributed by atoms with Crippen LogP contribution in [-0.4, -0.2) is 28.8 Å². The van der Waals surface area contributed by atoms with Crippen molar-refractivity contribution < 1.29 is 4.74 Å². The van der Waals surface area contributed by atoms with Crippen molar-refractivity contribution >= 4 is 0 Å². The van der Waals surface area contributed by atoms with Crippen LogP contribution >= 0.6 is 0 Å². The fourth-order valence-electron chi connectivity index (χ4n) is 2.53. The van der Waals surface area contributed by atoms with Gasteiger partial charge in [0, 0.05) is 32.6 Å². The van der Waals surface area contributed by atoms with Crippen LogP contribution in [0.3, 0.4) is 0 Å². The van der Waals surface area contributed by atoms with E-state index >= 15 is 0 Å². The normalized spacial score (nSPS) is 27.2. The second-order valence-corrected chi connectivity index (χ2v) is 4.65. The summed E-state index contributed by atoms with van der Waals surface area (Å²) in [6, 6.07) is 0.872. The Morgan fingerprint density at radius 3 is 2.94 bits per heavy atom. The third kappa shape index (κ3) is 2.44. The van der Waals surface area contributed by atoms with Crippen molar-refractivity contribution in [1.82, 2.24) is 14.9 Å². The predicted octanol–water partition coefficient (Wildman–Crippen LogP) is 1.64. The first kappa shape index (κ1) is 11.6. The van der Waals surface area contributed by atoms with Gasteiger partial charge in [0.05, 0.1) is 12.1 Å². The minimum absolute atomic E-state index is 0.306. The summed E-state index contributed by atoms with van der Waals surface area (Å²) in [7, 11) is 3.84. The molecule has 4 nitrogen and oxygen atoms in total. The third-order valence-corrected chi connectivity index (χ3v) is 3.45. The van der Waals surface area contributed by atoms with Crippen molar-refractivity contribution in [3.05, 3.63) is 18.2 Å². The average molecular weight is 223 g/mol. The Morgan fingerprint density at radius 2 is 2.38 bits per heavy atom. The van der Waals surface area contributed by atoms with Gasteiger partial charge in [0.2, 0.25) is 0 Å². The van der Waals surface area contributed by atoms with E-state index in [4.69, 9.17) is 4.74 Å². The monoisotopic (exact) mass is 223 g/mol. The molecule has 0 aromatic carbocycles. The van der Waals surface area contributed by atoms with Gasteiger partial charge < -0.3 is 14.6 Å². The van der Waals surface area contributed by atoms with Gasteiger partial charge in [0.25, 0.3) is 0 Å². The highest BCUT2D eigenvalue weighted by Crippen LogP contribution is 2.23. The number of ether oxygens (including phenoxy) is 1. The summed E-state index contributed by atoms with van der Waals surface area (Å²) in [5.41, 5.74) is 0. The fraction of sp³-hybridized carbons (Fsp3) is 0.750. The zero-order valence-electron chi connectivity index (χ0n) is 10.3. The molecule has 1 N–H and O–H groups in total. The molecule has 16 heavy (non-hydrogen) atoms. The Labute approximate surface area is 97.0 Å². The molecule has 0 saturated heterocycles. The van der Waals surface area contributed by atoms with E-state index in [9.17, 15) is 0 Å². The van der Waals surface area contributed by atoms with Crippen LogP contribution in [-0.2, 0) is 11.8 Å². The van der Waals surface area contributed by atoms with E-state index in [0.717, 1.165) is 12.2 Å². The van der Waals surface area contributed by atoms with Crippen molar-refractivity contribution in [3.63, 3.8) is 0 Å². The SMILES string of the molecule is COC1CCC(NC(C)c2nccn2C)C1. The van der Waals surface area contributed by atoms with E-state index < -0.39 is 0 Å². The van der Waals surface area contributed by atoms with Crippen molar-refractivity contribution in [3.8, 4) is 0 Å². The number of methoxy groups -OCH3 is 1. The number of rotatable bonds is 4. The maximum absolute atomic E-state index is 5.38. The lowest BCUT2D eigenvalue weighted by atomic mass is 10.2. The molecule has 1 saturated carbocycles. The van der Waals surface area contributed by atoms with Gasteiger partial charge in [-0.3, -0.25) is 0 Å². The molecule has 1 aromatic heterocycles. The number of nitrogens with zero attached hydrogens (tertiary/aromatic N) is 2. The molecular formula is C12H21N3O. The Bertz CT molecular complexity index is 337. The lowest BCUT2D eigenvalue weighted by Gasteiger charge is -2.19. The highest BCUT2D eigenvalue weighted by Gasteiger charge is 2.26. The van der Waals surface area contributed by atoms with E-state index in [-0.39, 0.29) is 0 Å². The lowest BCUT2D eigenvalue weighted by Crippen LogP contribution is -2.31. The standard InChI is InChI=1S/C12H21N3O/c1-9(12-13-6-7-15(12)2)14-10-4-5-11(8-10)16-3/h6-7,9-11,14H,4-5,8H2,1-3H3. The molecule has 3 atom stereocenters. The Morgan fingerprint density at radius 1 is 1.56 bits per heavy atom. The minimum atomic E-state index is 0.306. The molecule has 2 rings (SSSR count). The number of hydrogen-bond acceptors (Lipinski definition) is 3. The zero-order chi connectivity index (χ0) is 11.5. The smallest absolute Gasteiger partial charge is 0.125 e. The van der Waals surface area contributed by atoms with Crippen molar-refractivity contribution in [2.75, 3.05) is 7.11 Å². The van der Waals surface area contributed by atoms with E-state index in [1.807, 2.05) is 19.4 Å². The fourth-order valence-corrected chi connectivity index (χ4v) is 2.53. The number of aryl methyl sites for hydroxylation is 1. The van der Waals surface area contributed by atoms with Gasteiger partial charge in [-0.05, 0) is 26.2 Å². The molecule has 90 valence electrons. The van der Waals surface area contributed by atoms with Crippen LogP contribution in [0.25, 0.3) is 0 Å². The molecule has 1 aromatic rings. The predicted molar refractivity (Wildman–Crippen MR) is 63.2 cm³/mol. The lowest BCUT2D eigenvalue weighted by molar-refractivity contribution is 0.106. The van der Waals surface area contributed by atoms with Gasteiger partial charge in [-0.1, -0.05) is 0 Å². The maximum Gasteiger partial charge on any atom is 0.125 e. The maximum atomic E-state index is 5.38. The van der Waals surface area contributed by atoms with E-state index in [1.165, 1.54) is 12.8 Å². The summed E-state index contributed by atoms with van der Waals surface area (Å²) in [5, 5.41) is 3.62. The van der Waals surface area contributed by atoms with Crippen molar-refractivity contribution in [2.24, 2.45) is 7.05 Å². The summed E-state index contributed by atoms with van der Waals surface area (Å²) >= 11 is 0. The molecule has 4 heteroatoms. The summed E-state index contributed by atoms with van der Waals surface area (Å²) in [5.74, 6) is 1.10. The molecule has 1 heterocycles. The van der Waals surface area contributed by atoms with Gasteiger partial charge >= 0.3 is 0 Å². The largest absolute Gasteiger partial charge is 0.381 e. The molecule has 0 amide bonds. The molecule has 1 fully saturated rings. The van der Waals surface area contributed by atoms with Crippen LogP contribution in [0, 0.1) is 0 Å². The van der Waals surface area contributed by atoms with Crippen LogP contribution in [0.15, 0.2) is 12.4 Å². The summed E-state index contributed by atoms with van der Waals surface area (Å²) in [4.78, 5) is 4.37. The number of hydrogen-bond donors (Lipinski definition) is 1. The van der Waals surface area contributed by atoms with Crippen LogP contribution in [0.5, 0.6) is 0 Å². The summed E-state index contributed by atoms with van der Waals surface area (Å²) in [6.07, 6.45) is 7.76. The molecule has 0 spiro atoms. The van der Waals surface area contributed by atoms with Crippen LogP contribution in [0.4, 0.5) is 0 Å². The Balaban J connectivity index is 1.89. The first-order chi connectivity index (χ1) is 7.70. The van der Waals surface area contributed by atoms with Crippen LogP contribution in [0.2, 0.25) is 0 Å². The topological polar surface area (TPSA) is 39.1 Å². The van der Waals surface area contributed by atoms with Gasteiger partial charge in [0.15, 0.2) is 0 Å².